The molecule has 0 atom stereocenters. The predicted molar refractivity (Wildman–Crippen MR) is 53.5 cm³/mol. The van der Waals surface area contributed by atoms with Crippen LogP contribution in [0.1, 0.15) is 5.56 Å². The fourth-order valence-corrected chi connectivity index (χ4v) is 1.13. The maximum absolute atomic E-state index is 10.9. The van der Waals surface area contributed by atoms with Crippen molar-refractivity contribution in [2.75, 3.05) is 7.11 Å². The van der Waals surface area contributed by atoms with Crippen LogP contribution in [0.2, 0.25) is 0 Å². The van der Waals surface area contributed by atoms with Gasteiger partial charge >= 0.3 is 5.97 Å². The van der Waals surface area contributed by atoms with Gasteiger partial charge in [-0.2, -0.15) is 0 Å². The van der Waals surface area contributed by atoms with Gasteiger partial charge in [-0.3, -0.25) is 4.79 Å². The largest absolute Gasteiger partial charge is 0.504 e. The predicted octanol–water partition coefficient (Wildman–Crippen LogP) is 0.532. The van der Waals surface area contributed by atoms with E-state index < -0.39 is 5.97 Å². The van der Waals surface area contributed by atoms with Crippen LogP contribution in [-0.4, -0.2) is 23.2 Å². The number of carboxylic acid groups (broad SMARTS) is 1. The lowest BCUT2D eigenvalue weighted by molar-refractivity contribution is -0.132. The van der Waals surface area contributed by atoms with E-state index in [-0.39, 0.29) is 17.6 Å². The third-order valence-corrected chi connectivity index (χ3v) is 1.77. The summed E-state index contributed by atoms with van der Waals surface area (Å²) in [5, 5.41) is 8.80. The van der Waals surface area contributed by atoms with Gasteiger partial charge in [-0.25, -0.2) is 4.79 Å². The minimum absolute atomic E-state index is 0.100. The number of nitrogens with one attached hydrogen (secondary N) is 1. The number of carboxylic acids is 1. The Kier molecular flexibility index (Phi) is 3.68. The van der Waals surface area contributed by atoms with Crippen molar-refractivity contribution in [3.63, 3.8) is 0 Å². The summed E-state index contributed by atoms with van der Waals surface area (Å²) in [6, 6.07) is 3.00. The van der Waals surface area contributed by atoms with E-state index in [4.69, 9.17) is 5.11 Å². The number of pyridine rings is 1. The fourth-order valence-electron chi connectivity index (χ4n) is 1.13. The Morgan fingerprint density at radius 2 is 2.40 bits per heavy atom. The molecule has 0 radical (unpaired) electrons. The van der Waals surface area contributed by atoms with E-state index in [1.54, 1.807) is 6.07 Å². The smallest absolute Gasteiger partial charge is 0.335 e. The lowest BCUT2D eigenvalue weighted by Crippen LogP contribution is -2.08. The van der Waals surface area contributed by atoms with Crippen LogP contribution in [0.4, 0.5) is 0 Å². The molecule has 0 aliphatic carbocycles. The van der Waals surface area contributed by atoms with Crippen molar-refractivity contribution in [3.8, 4) is 0 Å². The SMILES string of the molecule is CO/C=C(/Cc1cc[nH]c(=O)c1)C(=O)O. The minimum Gasteiger partial charge on any atom is -0.504 e. The first-order valence-corrected chi connectivity index (χ1v) is 4.26. The van der Waals surface area contributed by atoms with E-state index in [9.17, 15) is 9.59 Å². The van der Waals surface area contributed by atoms with Gasteiger partial charge in [0.25, 0.3) is 0 Å². The van der Waals surface area contributed by atoms with Crippen LogP contribution in [-0.2, 0) is 16.0 Å². The van der Waals surface area contributed by atoms with Gasteiger partial charge in [0.05, 0.1) is 18.9 Å². The normalized spacial score (nSPS) is 11.1. The monoisotopic (exact) mass is 209 g/mol. The van der Waals surface area contributed by atoms with E-state index in [0.29, 0.717) is 5.56 Å². The Hall–Kier alpha value is -2.04. The summed E-state index contributed by atoms with van der Waals surface area (Å²) < 4.78 is 4.64. The molecule has 0 amide bonds. The van der Waals surface area contributed by atoms with Gasteiger partial charge in [0.2, 0.25) is 5.56 Å². The first-order valence-electron chi connectivity index (χ1n) is 4.26. The highest BCUT2D eigenvalue weighted by molar-refractivity contribution is 5.86. The number of aromatic amines is 1. The molecule has 0 aliphatic rings. The number of H-pyrrole nitrogens is 1. The molecule has 5 nitrogen and oxygen atoms in total. The second kappa shape index (κ2) is 4.99. The molecule has 2 N–H and O–H groups in total. The van der Waals surface area contributed by atoms with Crippen LogP contribution < -0.4 is 5.56 Å². The zero-order valence-corrected chi connectivity index (χ0v) is 8.19. The molecule has 1 heterocycles. The number of aromatic nitrogens is 1. The molecule has 0 aromatic carbocycles. The standard InChI is InChI=1S/C10H11NO4/c1-15-6-8(10(13)14)4-7-2-3-11-9(12)5-7/h2-3,5-6H,4H2,1H3,(H,11,12)(H,13,14)/b8-6-. The summed E-state index contributed by atoms with van der Waals surface area (Å²) >= 11 is 0. The third-order valence-electron chi connectivity index (χ3n) is 1.77. The van der Waals surface area contributed by atoms with Crippen LogP contribution in [0.3, 0.4) is 0 Å². The summed E-state index contributed by atoms with van der Waals surface area (Å²) in [4.78, 5) is 24.1. The highest BCUT2D eigenvalue weighted by atomic mass is 16.5. The summed E-state index contributed by atoms with van der Waals surface area (Å²) in [5.74, 6) is -1.06. The van der Waals surface area contributed by atoms with E-state index in [1.165, 1.54) is 19.4 Å². The Labute approximate surface area is 86.0 Å². The maximum Gasteiger partial charge on any atom is 0.335 e. The molecule has 0 bridgehead atoms. The van der Waals surface area contributed by atoms with E-state index in [0.717, 1.165) is 6.26 Å². The van der Waals surface area contributed by atoms with Crippen LogP contribution in [0.15, 0.2) is 35.0 Å². The highest BCUT2D eigenvalue weighted by Crippen LogP contribution is 2.05. The van der Waals surface area contributed by atoms with Crippen LogP contribution in [0, 0.1) is 0 Å². The molecule has 15 heavy (non-hydrogen) atoms. The van der Waals surface area contributed by atoms with Crippen molar-refractivity contribution in [1.82, 2.24) is 4.98 Å². The fraction of sp³-hybridized carbons (Fsp3) is 0.200. The molecule has 0 unspecified atom stereocenters. The van der Waals surface area contributed by atoms with Gasteiger partial charge in [0, 0.05) is 18.7 Å². The second-order valence-electron chi connectivity index (χ2n) is 2.92. The quantitative estimate of drug-likeness (QED) is 0.560. The Balaban J connectivity index is 2.88. The van der Waals surface area contributed by atoms with Gasteiger partial charge in [0.15, 0.2) is 0 Å². The summed E-state index contributed by atoms with van der Waals surface area (Å²) in [7, 11) is 1.38. The zero-order valence-electron chi connectivity index (χ0n) is 8.19. The lowest BCUT2D eigenvalue weighted by atomic mass is 10.1. The highest BCUT2D eigenvalue weighted by Gasteiger charge is 2.08. The van der Waals surface area contributed by atoms with Crippen molar-refractivity contribution in [2.24, 2.45) is 0 Å². The molecule has 5 heteroatoms. The van der Waals surface area contributed by atoms with Crippen molar-refractivity contribution in [2.45, 2.75) is 6.42 Å². The molecular formula is C10H11NO4. The molecule has 0 saturated heterocycles. The van der Waals surface area contributed by atoms with Gasteiger partial charge in [0.1, 0.15) is 0 Å². The average Bonchev–Trinajstić information content (AvgIpc) is 2.17. The molecule has 80 valence electrons. The number of carbonyl (C=O) groups is 1. The van der Waals surface area contributed by atoms with Crippen LogP contribution in [0.5, 0.6) is 0 Å². The van der Waals surface area contributed by atoms with Crippen LogP contribution in [0.25, 0.3) is 0 Å². The number of hydrogen-bond acceptors (Lipinski definition) is 3. The molecular weight excluding hydrogens is 198 g/mol. The molecule has 1 aromatic heterocycles. The molecule has 1 aromatic rings. The van der Waals surface area contributed by atoms with Gasteiger partial charge in [-0.1, -0.05) is 0 Å². The van der Waals surface area contributed by atoms with Gasteiger partial charge in [-0.15, -0.1) is 0 Å². The number of rotatable bonds is 4. The van der Waals surface area contributed by atoms with Crippen molar-refractivity contribution >= 4 is 5.97 Å². The second-order valence-corrected chi connectivity index (χ2v) is 2.92. The zero-order chi connectivity index (χ0) is 11.3. The van der Waals surface area contributed by atoms with Crippen molar-refractivity contribution < 1.29 is 14.6 Å². The molecule has 0 aliphatic heterocycles. The topological polar surface area (TPSA) is 79.4 Å². The van der Waals surface area contributed by atoms with E-state index >= 15 is 0 Å². The first-order chi connectivity index (χ1) is 7.13. The van der Waals surface area contributed by atoms with Gasteiger partial charge < -0.3 is 14.8 Å². The number of aliphatic carboxylic acids is 1. The van der Waals surface area contributed by atoms with Gasteiger partial charge in [-0.05, 0) is 11.6 Å². The van der Waals surface area contributed by atoms with E-state index in [1.807, 2.05) is 0 Å². The maximum atomic E-state index is 10.9. The molecule has 0 spiro atoms. The molecule has 1 rings (SSSR count). The van der Waals surface area contributed by atoms with Crippen molar-refractivity contribution in [3.05, 3.63) is 46.1 Å². The summed E-state index contributed by atoms with van der Waals surface area (Å²) in [5.41, 5.74) is 0.474. The lowest BCUT2D eigenvalue weighted by Gasteiger charge is -2.01. The minimum atomic E-state index is -1.06. The number of ether oxygens (including phenoxy) is 1. The molecule has 0 saturated carbocycles. The Bertz CT molecular complexity index is 433. The summed E-state index contributed by atoms with van der Waals surface area (Å²) in [6.45, 7) is 0. The Morgan fingerprint density at radius 3 is 2.93 bits per heavy atom. The summed E-state index contributed by atoms with van der Waals surface area (Å²) in [6.07, 6.45) is 2.79. The van der Waals surface area contributed by atoms with Crippen LogP contribution >= 0.6 is 0 Å². The Morgan fingerprint density at radius 1 is 1.67 bits per heavy atom. The molecule has 0 fully saturated rings. The average molecular weight is 209 g/mol. The van der Waals surface area contributed by atoms with E-state index in [2.05, 4.69) is 9.72 Å². The van der Waals surface area contributed by atoms with Crippen molar-refractivity contribution in [1.29, 1.82) is 0 Å². The number of hydrogen-bond donors (Lipinski definition) is 2. The third kappa shape index (κ3) is 3.30. The first kappa shape index (κ1) is 11.0. The number of methoxy groups -OCH3 is 1.